The zero-order valence-electron chi connectivity index (χ0n) is 14.0. The van der Waals surface area contributed by atoms with E-state index in [9.17, 15) is 4.79 Å². The Morgan fingerprint density at radius 3 is 2.17 bits per heavy atom. The number of ether oxygens (including phenoxy) is 1. The number of hydrogen-bond donors (Lipinski definition) is 0. The van der Waals surface area contributed by atoms with Gasteiger partial charge in [0.15, 0.2) is 0 Å². The van der Waals surface area contributed by atoms with E-state index in [2.05, 4.69) is 24.3 Å². The van der Waals surface area contributed by atoms with Crippen LogP contribution in [0.25, 0.3) is 12.2 Å². The molecule has 1 fully saturated rings. The lowest BCUT2D eigenvalue weighted by Gasteiger charge is -2.20. The van der Waals surface area contributed by atoms with Crippen molar-refractivity contribution in [3.05, 3.63) is 65.7 Å². The van der Waals surface area contributed by atoms with E-state index in [1.807, 2.05) is 42.5 Å². The zero-order chi connectivity index (χ0) is 16.6. The van der Waals surface area contributed by atoms with Crippen molar-refractivity contribution in [1.29, 1.82) is 0 Å². The molecule has 2 aromatic carbocycles. The summed E-state index contributed by atoms with van der Waals surface area (Å²) in [5, 5.41) is 0. The first kappa shape index (κ1) is 16.5. The summed E-state index contributed by atoms with van der Waals surface area (Å²) in [6.45, 7) is 0. The van der Waals surface area contributed by atoms with Crippen molar-refractivity contribution in [2.75, 3.05) is 0 Å². The predicted octanol–water partition coefficient (Wildman–Crippen LogP) is 5.73. The van der Waals surface area contributed by atoms with E-state index < -0.39 is 0 Å². The molecule has 0 N–H and O–H groups in total. The van der Waals surface area contributed by atoms with E-state index in [1.54, 1.807) is 0 Å². The van der Waals surface area contributed by atoms with Crippen LogP contribution in [0.1, 0.15) is 49.7 Å². The number of carbonyl (C=O) groups excluding carboxylic acids is 1. The molecule has 0 spiro atoms. The highest BCUT2D eigenvalue weighted by Crippen LogP contribution is 2.27. The van der Waals surface area contributed by atoms with Crippen LogP contribution in [-0.4, -0.2) is 5.97 Å². The summed E-state index contributed by atoms with van der Waals surface area (Å²) >= 11 is 0. The Hall–Kier alpha value is -2.35. The maximum Gasteiger partial charge on any atom is 0.311 e. The van der Waals surface area contributed by atoms with Gasteiger partial charge in [-0.1, -0.05) is 73.9 Å². The van der Waals surface area contributed by atoms with Gasteiger partial charge in [0.25, 0.3) is 0 Å². The second-order valence-corrected chi connectivity index (χ2v) is 6.50. The van der Waals surface area contributed by atoms with Crippen molar-refractivity contribution in [2.24, 2.45) is 5.92 Å². The Labute approximate surface area is 144 Å². The molecule has 2 nitrogen and oxygen atoms in total. The molecule has 1 saturated carbocycles. The molecule has 1 aliphatic carbocycles. The molecule has 0 heterocycles. The van der Waals surface area contributed by atoms with Crippen molar-refractivity contribution in [2.45, 2.75) is 38.5 Å². The van der Waals surface area contributed by atoms with Crippen LogP contribution in [0.15, 0.2) is 54.6 Å². The zero-order valence-corrected chi connectivity index (χ0v) is 14.0. The molecule has 0 aliphatic heterocycles. The van der Waals surface area contributed by atoms with E-state index in [1.165, 1.54) is 24.8 Å². The van der Waals surface area contributed by atoms with Crippen LogP contribution in [0.2, 0.25) is 0 Å². The van der Waals surface area contributed by atoms with Crippen molar-refractivity contribution in [1.82, 2.24) is 0 Å². The molecule has 2 aromatic rings. The molecule has 0 bridgehead atoms. The fourth-order valence-corrected chi connectivity index (χ4v) is 3.20. The van der Waals surface area contributed by atoms with Gasteiger partial charge in [0.2, 0.25) is 0 Å². The Kier molecular flexibility index (Phi) is 5.84. The minimum Gasteiger partial charge on any atom is -0.427 e. The van der Waals surface area contributed by atoms with Gasteiger partial charge in [0, 0.05) is 6.42 Å². The van der Waals surface area contributed by atoms with E-state index in [0.29, 0.717) is 18.1 Å². The number of hydrogen-bond acceptors (Lipinski definition) is 2. The van der Waals surface area contributed by atoms with Crippen LogP contribution < -0.4 is 4.74 Å². The van der Waals surface area contributed by atoms with Gasteiger partial charge in [0.05, 0.1) is 0 Å². The maximum atomic E-state index is 12.0. The summed E-state index contributed by atoms with van der Waals surface area (Å²) in [6.07, 6.45) is 10.8. The SMILES string of the molecule is O=C(CC1CCCCC1)Oc1ccc(/C=C\c2ccccc2)cc1. The van der Waals surface area contributed by atoms with Crippen LogP contribution in [0.4, 0.5) is 0 Å². The average molecular weight is 320 g/mol. The Balaban J connectivity index is 1.52. The lowest BCUT2D eigenvalue weighted by atomic mass is 9.87. The Morgan fingerprint density at radius 2 is 1.50 bits per heavy atom. The third kappa shape index (κ3) is 5.09. The third-order valence-corrected chi connectivity index (χ3v) is 4.56. The maximum absolute atomic E-state index is 12.0. The molecule has 0 radical (unpaired) electrons. The minimum absolute atomic E-state index is 0.102. The summed E-state index contributed by atoms with van der Waals surface area (Å²) < 4.78 is 5.47. The van der Waals surface area contributed by atoms with Crippen LogP contribution in [-0.2, 0) is 4.79 Å². The molecular weight excluding hydrogens is 296 g/mol. The molecule has 24 heavy (non-hydrogen) atoms. The van der Waals surface area contributed by atoms with Gasteiger partial charge in [0.1, 0.15) is 5.75 Å². The third-order valence-electron chi connectivity index (χ3n) is 4.56. The lowest BCUT2D eigenvalue weighted by Crippen LogP contribution is -2.16. The largest absolute Gasteiger partial charge is 0.427 e. The van der Waals surface area contributed by atoms with Gasteiger partial charge >= 0.3 is 5.97 Å². The first-order valence-electron chi connectivity index (χ1n) is 8.83. The molecule has 3 rings (SSSR count). The number of benzene rings is 2. The summed E-state index contributed by atoms with van der Waals surface area (Å²) in [4.78, 5) is 12.0. The first-order valence-corrected chi connectivity index (χ1v) is 8.83. The van der Waals surface area contributed by atoms with Gasteiger partial charge in [-0.15, -0.1) is 0 Å². The highest BCUT2D eigenvalue weighted by Gasteiger charge is 2.18. The monoisotopic (exact) mass is 320 g/mol. The molecule has 0 amide bonds. The second kappa shape index (κ2) is 8.49. The summed E-state index contributed by atoms with van der Waals surface area (Å²) in [5.74, 6) is 1.04. The number of rotatable bonds is 5. The smallest absolute Gasteiger partial charge is 0.311 e. The van der Waals surface area contributed by atoms with Gasteiger partial charge in [-0.2, -0.15) is 0 Å². The highest BCUT2D eigenvalue weighted by atomic mass is 16.5. The molecule has 124 valence electrons. The second-order valence-electron chi connectivity index (χ2n) is 6.50. The topological polar surface area (TPSA) is 26.3 Å². The van der Waals surface area contributed by atoms with E-state index in [4.69, 9.17) is 4.74 Å². The summed E-state index contributed by atoms with van der Waals surface area (Å²) in [5.41, 5.74) is 2.26. The predicted molar refractivity (Wildman–Crippen MR) is 98.6 cm³/mol. The highest BCUT2D eigenvalue weighted by molar-refractivity contribution is 5.73. The summed E-state index contributed by atoms with van der Waals surface area (Å²) in [6, 6.07) is 17.9. The number of esters is 1. The van der Waals surface area contributed by atoms with Gasteiger partial charge in [-0.05, 0) is 42.0 Å². The molecule has 0 saturated heterocycles. The van der Waals surface area contributed by atoms with Gasteiger partial charge in [-0.25, -0.2) is 0 Å². The molecule has 2 heteroatoms. The Morgan fingerprint density at radius 1 is 0.875 bits per heavy atom. The minimum atomic E-state index is -0.102. The first-order chi connectivity index (χ1) is 11.8. The molecule has 0 atom stereocenters. The van der Waals surface area contributed by atoms with Crippen LogP contribution >= 0.6 is 0 Å². The van der Waals surface area contributed by atoms with E-state index in [0.717, 1.165) is 18.4 Å². The molecule has 0 unspecified atom stereocenters. The average Bonchev–Trinajstić information content (AvgIpc) is 2.63. The van der Waals surface area contributed by atoms with Crippen LogP contribution in [0.3, 0.4) is 0 Å². The van der Waals surface area contributed by atoms with Crippen molar-refractivity contribution < 1.29 is 9.53 Å². The Bertz CT molecular complexity index is 665. The molecule has 1 aliphatic rings. The van der Waals surface area contributed by atoms with Crippen molar-refractivity contribution >= 4 is 18.1 Å². The molecular formula is C22H24O2. The van der Waals surface area contributed by atoms with E-state index >= 15 is 0 Å². The van der Waals surface area contributed by atoms with E-state index in [-0.39, 0.29) is 5.97 Å². The van der Waals surface area contributed by atoms with Gasteiger partial charge < -0.3 is 4.74 Å². The lowest BCUT2D eigenvalue weighted by molar-refractivity contribution is -0.135. The number of carbonyl (C=O) groups is 1. The quantitative estimate of drug-likeness (QED) is 0.399. The van der Waals surface area contributed by atoms with Gasteiger partial charge in [-0.3, -0.25) is 4.79 Å². The van der Waals surface area contributed by atoms with Crippen molar-refractivity contribution in [3.8, 4) is 5.75 Å². The van der Waals surface area contributed by atoms with Crippen LogP contribution in [0, 0.1) is 5.92 Å². The fraction of sp³-hybridized carbons (Fsp3) is 0.318. The van der Waals surface area contributed by atoms with Crippen LogP contribution in [0.5, 0.6) is 5.75 Å². The standard InChI is InChI=1S/C22H24O2/c23-22(17-20-9-5-2-6-10-20)24-21-15-13-19(14-16-21)12-11-18-7-3-1-4-8-18/h1,3-4,7-8,11-16,20H,2,5-6,9-10,17H2/b12-11-. The van der Waals surface area contributed by atoms with Crippen molar-refractivity contribution in [3.63, 3.8) is 0 Å². The molecule has 0 aromatic heterocycles. The summed E-state index contributed by atoms with van der Waals surface area (Å²) in [7, 11) is 0. The fourth-order valence-electron chi connectivity index (χ4n) is 3.20. The normalized spacial score (nSPS) is 15.5.